The van der Waals surface area contributed by atoms with Gasteiger partial charge in [-0.2, -0.15) is 0 Å². The smallest absolute Gasteiger partial charge is 0.355 e. The third-order valence-corrected chi connectivity index (χ3v) is 3.10. The van der Waals surface area contributed by atoms with E-state index in [1.165, 1.54) is 6.20 Å². The van der Waals surface area contributed by atoms with Crippen LogP contribution in [0.25, 0.3) is 0 Å². The minimum atomic E-state index is -1.08. The van der Waals surface area contributed by atoms with Gasteiger partial charge in [-0.25, -0.2) is 14.8 Å². The Morgan fingerprint density at radius 2 is 2.47 bits per heavy atom. The van der Waals surface area contributed by atoms with Gasteiger partial charge in [0.2, 0.25) is 0 Å². The van der Waals surface area contributed by atoms with Crippen LogP contribution in [0.15, 0.2) is 10.7 Å². The highest BCUT2D eigenvalue weighted by Gasteiger charge is 2.23. The summed E-state index contributed by atoms with van der Waals surface area (Å²) < 4.78 is 5.91. The second-order valence-corrected chi connectivity index (χ2v) is 4.71. The Bertz CT molecular complexity index is 441. The number of rotatable bonds is 2. The van der Waals surface area contributed by atoms with E-state index in [2.05, 4.69) is 30.8 Å². The maximum absolute atomic E-state index is 10.9. The first-order chi connectivity index (χ1) is 8.08. The molecule has 1 fully saturated rings. The van der Waals surface area contributed by atoms with E-state index < -0.39 is 5.97 Å². The van der Waals surface area contributed by atoms with Gasteiger partial charge in [-0.05, 0) is 23.0 Å². The Morgan fingerprint density at radius 1 is 1.71 bits per heavy atom. The molecular formula is C10H12BrN3O3. The van der Waals surface area contributed by atoms with E-state index in [1.54, 1.807) is 0 Å². The third-order valence-electron chi connectivity index (χ3n) is 2.52. The molecule has 0 aliphatic carbocycles. The van der Waals surface area contributed by atoms with Gasteiger partial charge in [-0.1, -0.05) is 0 Å². The topological polar surface area (TPSA) is 75.5 Å². The highest BCUT2D eigenvalue weighted by atomic mass is 79.9. The summed E-state index contributed by atoms with van der Waals surface area (Å²) in [6.45, 7) is 2.13. The average molecular weight is 302 g/mol. The lowest BCUT2D eigenvalue weighted by atomic mass is 10.2. The van der Waals surface area contributed by atoms with Crippen molar-refractivity contribution in [2.24, 2.45) is 0 Å². The molecule has 1 aliphatic rings. The first-order valence-electron chi connectivity index (χ1n) is 5.14. The zero-order chi connectivity index (χ0) is 12.4. The summed E-state index contributed by atoms with van der Waals surface area (Å²) in [5, 5.41) is 8.97. The van der Waals surface area contributed by atoms with Gasteiger partial charge in [0.25, 0.3) is 0 Å². The molecule has 6 nitrogen and oxygen atoms in total. The monoisotopic (exact) mass is 301 g/mol. The van der Waals surface area contributed by atoms with Crippen molar-refractivity contribution >= 4 is 21.9 Å². The van der Waals surface area contributed by atoms with Crippen LogP contribution < -0.4 is 0 Å². The summed E-state index contributed by atoms with van der Waals surface area (Å²) >= 11 is 3.11. The number of hydrogen-bond acceptors (Lipinski definition) is 5. The number of carbonyl (C=O) groups is 1. The molecular weight excluding hydrogens is 290 g/mol. The van der Waals surface area contributed by atoms with Crippen molar-refractivity contribution in [2.75, 3.05) is 26.7 Å². The summed E-state index contributed by atoms with van der Waals surface area (Å²) in [6, 6.07) is 0. The number of hydrogen-bond donors (Lipinski definition) is 1. The fraction of sp³-hybridized carbons (Fsp3) is 0.500. The molecule has 0 aromatic carbocycles. The highest BCUT2D eigenvalue weighted by molar-refractivity contribution is 9.10. The van der Waals surface area contributed by atoms with Gasteiger partial charge in [0.1, 0.15) is 6.10 Å². The standard InChI is InChI=1S/C10H12BrN3O3/c1-14-2-3-17-7(5-14)9-12-4-6(11)8(13-9)10(15)16/h4,7H,2-3,5H2,1H3,(H,15,16). The van der Waals surface area contributed by atoms with Crippen LogP contribution in [0.2, 0.25) is 0 Å². The van der Waals surface area contributed by atoms with E-state index in [0.717, 1.165) is 6.54 Å². The summed E-state index contributed by atoms with van der Waals surface area (Å²) in [5.74, 6) is -0.665. The number of aromatic nitrogens is 2. The average Bonchev–Trinajstić information content (AvgIpc) is 2.29. The molecule has 1 unspecified atom stereocenters. The second kappa shape index (κ2) is 5.07. The lowest BCUT2D eigenvalue weighted by Gasteiger charge is -2.29. The normalized spacial score (nSPS) is 21.4. The molecule has 0 bridgehead atoms. The molecule has 17 heavy (non-hydrogen) atoms. The molecule has 1 atom stereocenters. The lowest BCUT2D eigenvalue weighted by Crippen LogP contribution is -2.36. The molecule has 2 rings (SSSR count). The van der Waals surface area contributed by atoms with E-state index in [1.807, 2.05) is 7.05 Å². The van der Waals surface area contributed by atoms with E-state index in [-0.39, 0.29) is 11.8 Å². The maximum atomic E-state index is 10.9. The fourth-order valence-electron chi connectivity index (χ4n) is 1.62. The van der Waals surface area contributed by atoms with Gasteiger partial charge in [0.15, 0.2) is 11.5 Å². The molecule has 7 heteroatoms. The largest absolute Gasteiger partial charge is 0.476 e. The first-order valence-corrected chi connectivity index (χ1v) is 5.93. The van der Waals surface area contributed by atoms with Crippen LogP contribution >= 0.6 is 15.9 Å². The lowest BCUT2D eigenvalue weighted by molar-refractivity contribution is -0.0256. The van der Waals surface area contributed by atoms with Crippen molar-refractivity contribution in [3.8, 4) is 0 Å². The predicted molar refractivity (Wildman–Crippen MR) is 62.9 cm³/mol. The van der Waals surface area contributed by atoms with Crippen LogP contribution in [0, 0.1) is 0 Å². The highest BCUT2D eigenvalue weighted by Crippen LogP contribution is 2.21. The van der Waals surface area contributed by atoms with Crippen LogP contribution in [0.5, 0.6) is 0 Å². The summed E-state index contributed by atoms with van der Waals surface area (Å²) in [7, 11) is 1.98. The number of carboxylic acids is 1. The van der Waals surface area contributed by atoms with Crippen LogP contribution in [-0.4, -0.2) is 52.7 Å². The van der Waals surface area contributed by atoms with Crippen LogP contribution in [0.3, 0.4) is 0 Å². The number of likely N-dealkylation sites (N-methyl/N-ethyl adjacent to an activating group) is 1. The molecule has 92 valence electrons. The molecule has 0 amide bonds. The van der Waals surface area contributed by atoms with Crippen molar-refractivity contribution in [3.63, 3.8) is 0 Å². The van der Waals surface area contributed by atoms with Crippen molar-refractivity contribution in [1.29, 1.82) is 0 Å². The summed E-state index contributed by atoms with van der Waals surface area (Å²) in [6.07, 6.45) is 1.18. The number of nitrogens with zero attached hydrogens (tertiary/aromatic N) is 3. The van der Waals surface area contributed by atoms with Gasteiger partial charge >= 0.3 is 5.97 Å². The van der Waals surface area contributed by atoms with E-state index >= 15 is 0 Å². The van der Waals surface area contributed by atoms with Crippen molar-refractivity contribution < 1.29 is 14.6 Å². The Labute approximate surface area is 107 Å². The second-order valence-electron chi connectivity index (χ2n) is 3.85. The molecule has 1 aromatic rings. The molecule has 0 spiro atoms. The van der Waals surface area contributed by atoms with Gasteiger partial charge < -0.3 is 14.7 Å². The summed E-state index contributed by atoms with van der Waals surface area (Å²) in [5.41, 5.74) is -0.0353. The van der Waals surface area contributed by atoms with Gasteiger partial charge in [-0.15, -0.1) is 0 Å². The van der Waals surface area contributed by atoms with E-state index in [9.17, 15) is 4.79 Å². The predicted octanol–water partition coefficient (Wildman–Crippen LogP) is 0.940. The van der Waals surface area contributed by atoms with Crippen molar-refractivity contribution in [3.05, 3.63) is 22.2 Å². The van der Waals surface area contributed by atoms with Crippen LogP contribution in [0.1, 0.15) is 22.4 Å². The maximum Gasteiger partial charge on any atom is 0.355 e. The quantitative estimate of drug-likeness (QED) is 0.876. The SMILES string of the molecule is CN1CCOC(c2ncc(Br)c(C(=O)O)n2)C1. The molecule has 1 N–H and O–H groups in total. The number of carboxylic acid groups (broad SMARTS) is 1. The zero-order valence-electron chi connectivity index (χ0n) is 9.26. The van der Waals surface area contributed by atoms with Crippen molar-refractivity contribution in [2.45, 2.75) is 6.10 Å². The van der Waals surface area contributed by atoms with E-state index in [4.69, 9.17) is 9.84 Å². The molecule has 2 heterocycles. The molecule has 1 saturated heterocycles. The fourth-order valence-corrected chi connectivity index (χ4v) is 1.98. The van der Waals surface area contributed by atoms with Gasteiger partial charge in [-0.3, -0.25) is 0 Å². The van der Waals surface area contributed by atoms with Crippen LogP contribution in [-0.2, 0) is 4.74 Å². The molecule has 0 radical (unpaired) electrons. The third kappa shape index (κ3) is 2.80. The Kier molecular flexibility index (Phi) is 3.70. The Hall–Kier alpha value is -1.05. The van der Waals surface area contributed by atoms with E-state index in [0.29, 0.717) is 23.4 Å². The van der Waals surface area contributed by atoms with Crippen LogP contribution in [0.4, 0.5) is 0 Å². The molecule has 1 aliphatic heterocycles. The number of morpholine rings is 1. The van der Waals surface area contributed by atoms with Gasteiger partial charge in [0, 0.05) is 19.3 Å². The minimum absolute atomic E-state index is 0.0353. The van der Waals surface area contributed by atoms with Crippen molar-refractivity contribution in [1.82, 2.24) is 14.9 Å². The Balaban J connectivity index is 2.26. The number of ether oxygens (including phenoxy) is 1. The minimum Gasteiger partial charge on any atom is -0.476 e. The first kappa shape index (κ1) is 12.4. The zero-order valence-corrected chi connectivity index (χ0v) is 10.8. The molecule has 0 saturated carbocycles. The number of halogens is 1. The van der Waals surface area contributed by atoms with Gasteiger partial charge in [0.05, 0.1) is 11.1 Å². The molecule has 1 aromatic heterocycles. The summed E-state index contributed by atoms with van der Waals surface area (Å²) in [4.78, 5) is 21.2. The Morgan fingerprint density at radius 3 is 3.12 bits per heavy atom. The number of aromatic carboxylic acids is 1.